The first-order valence-electron chi connectivity index (χ1n) is 5.59. The summed E-state index contributed by atoms with van der Waals surface area (Å²) < 4.78 is 0. The molecule has 0 aliphatic rings. The van der Waals surface area contributed by atoms with Crippen LogP contribution in [-0.2, 0) is 0 Å². The molecular formula is C11H26N2O. The van der Waals surface area contributed by atoms with Crippen LogP contribution in [0.25, 0.3) is 0 Å². The lowest BCUT2D eigenvalue weighted by Gasteiger charge is -2.24. The van der Waals surface area contributed by atoms with Gasteiger partial charge in [-0.25, -0.2) is 0 Å². The number of hydrogen-bond acceptors (Lipinski definition) is 3. The first-order valence-corrected chi connectivity index (χ1v) is 5.59. The summed E-state index contributed by atoms with van der Waals surface area (Å²) in [5, 5.41) is 12.7. The summed E-state index contributed by atoms with van der Waals surface area (Å²) in [5.74, 6) is 0.662. The van der Waals surface area contributed by atoms with E-state index in [1.807, 2.05) is 6.92 Å². The zero-order valence-electron chi connectivity index (χ0n) is 9.96. The van der Waals surface area contributed by atoms with E-state index >= 15 is 0 Å². The van der Waals surface area contributed by atoms with Crippen molar-refractivity contribution in [3.63, 3.8) is 0 Å². The van der Waals surface area contributed by atoms with Crippen LogP contribution >= 0.6 is 0 Å². The van der Waals surface area contributed by atoms with Gasteiger partial charge in [0.05, 0.1) is 6.10 Å². The Bertz CT molecular complexity index is 137. The molecule has 0 saturated heterocycles. The molecule has 0 radical (unpaired) electrons. The monoisotopic (exact) mass is 202 g/mol. The van der Waals surface area contributed by atoms with E-state index in [1.165, 1.54) is 0 Å². The van der Waals surface area contributed by atoms with Crippen LogP contribution < -0.4 is 11.1 Å². The van der Waals surface area contributed by atoms with E-state index in [-0.39, 0.29) is 6.10 Å². The molecule has 86 valence electrons. The maximum atomic E-state index is 9.22. The quantitative estimate of drug-likeness (QED) is 0.579. The highest BCUT2D eigenvalue weighted by molar-refractivity contribution is 4.74. The van der Waals surface area contributed by atoms with Crippen molar-refractivity contribution >= 4 is 0 Å². The molecule has 3 unspecified atom stereocenters. The second kappa shape index (κ2) is 7.21. The lowest BCUT2D eigenvalue weighted by Crippen LogP contribution is -2.43. The van der Waals surface area contributed by atoms with Gasteiger partial charge in [0, 0.05) is 18.6 Å². The van der Waals surface area contributed by atoms with E-state index in [0.717, 1.165) is 12.8 Å². The van der Waals surface area contributed by atoms with Gasteiger partial charge in [-0.1, -0.05) is 13.8 Å². The molecule has 0 saturated carbocycles. The van der Waals surface area contributed by atoms with E-state index in [4.69, 9.17) is 5.73 Å². The maximum Gasteiger partial charge on any atom is 0.0526 e. The molecule has 4 N–H and O–H groups in total. The number of nitrogens with two attached hydrogens (primary N) is 1. The van der Waals surface area contributed by atoms with E-state index < -0.39 is 0 Å². The third kappa shape index (κ3) is 7.30. The number of aliphatic hydroxyl groups excluding tert-OH is 1. The molecule has 0 aromatic heterocycles. The molecule has 3 heteroatoms. The van der Waals surface area contributed by atoms with Gasteiger partial charge in [-0.2, -0.15) is 0 Å². The van der Waals surface area contributed by atoms with Gasteiger partial charge >= 0.3 is 0 Å². The normalized spacial score (nSPS) is 18.2. The summed E-state index contributed by atoms with van der Waals surface area (Å²) in [6.07, 6.45) is 1.64. The fourth-order valence-electron chi connectivity index (χ4n) is 1.78. The second-order valence-electron chi connectivity index (χ2n) is 4.71. The number of hydrogen-bond donors (Lipinski definition) is 3. The molecule has 0 aromatic carbocycles. The summed E-state index contributed by atoms with van der Waals surface area (Å²) in [4.78, 5) is 0. The van der Waals surface area contributed by atoms with Crippen LogP contribution in [0, 0.1) is 5.92 Å². The predicted molar refractivity (Wildman–Crippen MR) is 61.2 cm³/mol. The minimum Gasteiger partial charge on any atom is -0.393 e. The third-order valence-electron chi connectivity index (χ3n) is 2.26. The molecule has 0 aliphatic carbocycles. The van der Waals surface area contributed by atoms with Crippen molar-refractivity contribution in [2.75, 3.05) is 6.54 Å². The fraction of sp³-hybridized carbons (Fsp3) is 1.00. The van der Waals surface area contributed by atoms with Crippen molar-refractivity contribution in [2.45, 2.75) is 58.7 Å². The molecule has 0 aliphatic heterocycles. The Morgan fingerprint density at radius 1 is 1.14 bits per heavy atom. The lowest BCUT2D eigenvalue weighted by molar-refractivity contribution is 0.167. The highest BCUT2D eigenvalue weighted by Crippen LogP contribution is 2.06. The number of rotatable bonds is 7. The zero-order valence-corrected chi connectivity index (χ0v) is 9.96. The molecule has 3 nitrogen and oxygen atoms in total. The highest BCUT2D eigenvalue weighted by atomic mass is 16.3. The maximum absolute atomic E-state index is 9.22. The molecule has 0 heterocycles. The largest absolute Gasteiger partial charge is 0.393 e. The van der Waals surface area contributed by atoms with Gasteiger partial charge in [0.25, 0.3) is 0 Å². The Hall–Kier alpha value is -0.120. The Labute approximate surface area is 88.1 Å². The average Bonchev–Trinajstić information content (AvgIpc) is 2.00. The Morgan fingerprint density at radius 2 is 1.71 bits per heavy atom. The number of aliphatic hydroxyl groups is 1. The third-order valence-corrected chi connectivity index (χ3v) is 2.26. The molecule has 0 rings (SSSR count). The zero-order chi connectivity index (χ0) is 11.1. The fourth-order valence-corrected chi connectivity index (χ4v) is 1.78. The first kappa shape index (κ1) is 13.9. The minimum absolute atomic E-state index is 0.241. The van der Waals surface area contributed by atoms with Crippen molar-refractivity contribution in [3.05, 3.63) is 0 Å². The molecule has 3 atom stereocenters. The first-order chi connectivity index (χ1) is 6.45. The smallest absolute Gasteiger partial charge is 0.0526 e. The summed E-state index contributed by atoms with van der Waals surface area (Å²) in [6.45, 7) is 8.98. The Kier molecular flexibility index (Phi) is 7.15. The SMILES string of the molecule is CC(C)CC(CN)NC(C)CC(C)O. The topological polar surface area (TPSA) is 58.3 Å². The van der Waals surface area contributed by atoms with Gasteiger partial charge < -0.3 is 16.2 Å². The van der Waals surface area contributed by atoms with Gasteiger partial charge in [0.15, 0.2) is 0 Å². The Morgan fingerprint density at radius 3 is 2.07 bits per heavy atom. The van der Waals surface area contributed by atoms with Gasteiger partial charge in [0.1, 0.15) is 0 Å². The van der Waals surface area contributed by atoms with Crippen molar-refractivity contribution < 1.29 is 5.11 Å². The summed E-state index contributed by atoms with van der Waals surface area (Å²) >= 11 is 0. The summed E-state index contributed by atoms with van der Waals surface area (Å²) in [7, 11) is 0. The predicted octanol–water partition coefficient (Wildman–Crippen LogP) is 1.11. The van der Waals surface area contributed by atoms with Crippen LogP contribution in [0.15, 0.2) is 0 Å². The lowest BCUT2D eigenvalue weighted by atomic mass is 10.0. The summed E-state index contributed by atoms with van der Waals surface area (Å²) in [6, 6.07) is 0.714. The van der Waals surface area contributed by atoms with E-state index in [0.29, 0.717) is 24.5 Å². The van der Waals surface area contributed by atoms with Gasteiger partial charge in [-0.3, -0.25) is 0 Å². The molecule has 0 bridgehead atoms. The van der Waals surface area contributed by atoms with Gasteiger partial charge in [-0.05, 0) is 32.6 Å². The molecule has 0 spiro atoms. The van der Waals surface area contributed by atoms with E-state index in [9.17, 15) is 5.11 Å². The van der Waals surface area contributed by atoms with Gasteiger partial charge in [-0.15, -0.1) is 0 Å². The number of nitrogens with one attached hydrogen (secondary N) is 1. The van der Waals surface area contributed by atoms with Gasteiger partial charge in [0.2, 0.25) is 0 Å². The standard InChI is InChI=1S/C11H26N2O/c1-8(2)5-11(7-12)13-9(3)6-10(4)14/h8-11,13-14H,5-7,12H2,1-4H3. The van der Waals surface area contributed by atoms with Crippen LogP contribution in [0.3, 0.4) is 0 Å². The highest BCUT2D eigenvalue weighted by Gasteiger charge is 2.13. The van der Waals surface area contributed by atoms with Crippen molar-refractivity contribution in [3.8, 4) is 0 Å². The summed E-state index contributed by atoms with van der Waals surface area (Å²) in [5.41, 5.74) is 5.68. The minimum atomic E-state index is -0.241. The van der Waals surface area contributed by atoms with Crippen LogP contribution in [0.4, 0.5) is 0 Å². The van der Waals surface area contributed by atoms with Crippen LogP contribution in [0.5, 0.6) is 0 Å². The molecule has 0 fully saturated rings. The Balaban J connectivity index is 3.79. The van der Waals surface area contributed by atoms with E-state index in [1.54, 1.807) is 0 Å². The average molecular weight is 202 g/mol. The van der Waals surface area contributed by atoms with Crippen LogP contribution in [0.1, 0.15) is 40.5 Å². The van der Waals surface area contributed by atoms with E-state index in [2.05, 4.69) is 26.1 Å². The molecular weight excluding hydrogens is 176 g/mol. The molecule has 0 aromatic rings. The second-order valence-corrected chi connectivity index (χ2v) is 4.71. The van der Waals surface area contributed by atoms with Crippen molar-refractivity contribution in [1.82, 2.24) is 5.32 Å². The van der Waals surface area contributed by atoms with Crippen LogP contribution in [-0.4, -0.2) is 29.8 Å². The van der Waals surface area contributed by atoms with Crippen molar-refractivity contribution in [2.24, 2.45) is 11.7 Å². The van der Waals surface area contributed by atoms with Crippen molar-refractivity contribution in [1.29, 1.82) is 0 Å². The molecule has 0 amide bonds. The van der Waals surface area contributed by atoms with Crippen LogP contribution in [0.2, 0.25) is 0 Å². The molecule has 14 heavy (non-hydrogen) atoms.